The van der Waals surface area contributed by atoms with E-state index in [4.69, 9.17) is 16.3 Å². The zero-order valence-corrected chi connectivity index (χ0v) is 14.9. The van der Waals surface area contributed by atoms with E-state index >= 15 is 0 Å². The van der Waals surface area contributed by atoms with Gasteiger partial charge in [0, 0.05) is 55.7 Å². The minimum Gasteiger partial charge on any atom is -0.481 e. The van der Waals surface area contributed by atoms with E-state index in [1.165, 1.54) is 0 Å². The highest BCUT2D eigenvalue weighted by molar-refractivity contribution is 6.30. The number of carbonyl (C=O) groups excluding carboxylic acids is 1. The number of piperazine rings is 1. The molecule has 1 aliphatic heterocycles. The van der Waals surface area contributed by atoms with Crippen LogP contribution in [0.5, 0.6) is 5.88 Å². The summed E-state index contributed by atoms with van der Waals surface area (Å²) in [5.74, 6) is 0.562. The van der Waals surface area contributed by atoms with Gasteiger partial charge in [-0.25, -0.2) is 9.78 Å². The van der Waals surface area contributed by atoms with Crippen LogP contribution in [-0.4, -0.2) is 49.2 Å². The Morgan fingerprint density at radius 3 is 2.68 bits per heavy atom. The van der Waals surface area contributed by atoms with Crippen LogP contribution in [0.1, 0.15) is 5.56 Å². The zero-order valence-electron chi connectivity index (χ0n) is 14.1. The summed E-state index contributed by atoms with van der Waals surface area (Å²) in [6, 6.07) is 11.4. The Kier molecular flexibility index (Phi) is 5.60. The van der Waals surface area contributed by atoms with Gasteiger partial charge < -0.3 is 19.9 Å². The van der Waals surface area contributed by atoms with E-state index in [0.717, 1.165) is 29.4 Å². The summed E-state index contributed by atoms with van der Waals surface area (Å²) in [4.78, 5) is 20.5. The average Bonchev–Trinajstić information content (AvgIpc) is 2.66. The quantitative estimate of drug-likeness (QED) is 0.910. The predicted octanol–water partition coefficient (Wildman–Crippen LogP) is 2.78. The van der Waals surface area contributed by atoms with Crippen LogP contribution in [0.3, 0.4) is 0 Å². The molecule has 1 N–H and O–H groups in total. The Bertz CT molecular complexity index is 715. The molecule has 0 bridgehead atoms. The molecule has 1 aromatic heterocycles. The van der Waals surface area contributed by atoms with Gasteiger partial charge in [0.2, 0.25) is 5.88 Å². The van der Waals surface area contributed by atoms with Gasteiger partial charge in [-0.05, 0) is 23.8 Å². The van der Waals surface area contributed by atoms with Crippen molar-refractivity contribution >= 4 is 23.3 Å². The molecule has 1 aliphatic rings. The summed E-state index contributed by atoms with van der Waals surface area (Å²) in [5, 5.41) is 3.66. The second-order valence-corrected chi connectivity index (χ2v) is 6.26. The Balaban J connectivity index is 1.48. The molecule has 0 atom stereocenters. The minimum atomic E-state index is -0.0541. The van der Waals surface area contributed by atoms with Crippen LogP contribution in [-0.2, 0) is 6.54 Å². The fourth-order valence-corrected chi connectivity index (χ4v) is 2.95. The molecule has 132 valence electrons. The molecular formula is C18H21ClN4O2. The molecule has 0 saturated carbocycles. The highest BCUT2D eigenvalue weighted by atomic mass is 35.5. The molecule has 2 amide bonds. The number of ether oxygens (including phenoxy) is 1. The lowest BCUT2D eigenvalue weighted by Crippen LogP contribution is -2.51. The van der Waals surface area contributed by atoms with Gasteiger partial charge in [-0.3, -0.25) is 0 Å². The van der Waals surface area contributed by atoms with Gasteiger partial charge in [0.25, 0.3) is 0 Å². The second-order valence-electron chi connectivity index (χ2n) is 5.82. The van der Waals surface area contributed by atoms with Gasteiger partial charge in [-0.2, -0.15) is 0 Å². The number of anilines is 1. The van der Waals surface area contributed by atoms with Crippen molar-refractivity contribution in [2.24, 2.45) is 0 Å². The fourth-order valence-electron chi connectivity index (χ4n) is 2.77. The first-order valence-electron chi connectivity index (χ1n) is 8.18. The average molecular weight is 361 g/mol. The number of hydrogen-bond donors (Lipinski definition) is 1. The lowest BCUT2D eigenvalue weighted by molar-refractivity contribution is 0.194. The third-order valence-electron chi connectivity index (χ3n) is 4.19. The molecule has 1 fully saturated rings. The normalized spacial score (nSPS) is 14.3. The van der Waals surface area contributed by atoms with Crippen molar-refractivity contribution in [3.8, 4) is 5.88 Å². The maximum Gasteiger partial charge on any atom is 0.317 e. The maximum atomic E-state index is 12.3. The first-order chi connectivity index (χ1) is 12.2. The first kappa shape index (κ1) is 17.4. The maximum absolute atomic E-state index is 12.3. The summed E-state index contributed by atoms with van der Waals surface area (Å²) in [5.41, 5.74) is 2.03. The topological polar surface area (TPSA) is 57.7 Å². The number of urea groups is 1. The second kappa shape index (κ2) is 8.07. The first-order valence-corrected chi connectivity index (χ1v) is 8.56. The standard InChI is InChI=1S/C18H21ClN4O2/c1-25-17-6-5-14(12-20-17)13-21-18(24)23-9-7-22(8-10-23)16-4-2-3-15(19)11-16/h2-6,11-12H,7-10,13H2,1H3,(H,21,24). The van der Waals surface area contributed by atoms with Gasteiger partial charge in [-0.15, -0.1) is 0 Å². The number of methoxy groups -OCH3 is 1. The van der Waals surface area contributed by atoms with Crippen LogP contribution in [0.2, 0.25) is 5.02 Å². The number of benzene rings is 1. The van der Waals surface area contributed by atoms with Gasteiger partial charge in [-0.1, -0.05) is 23.7 Å². The number of amides is 2. The van der Waals surface area contributed by atoms with Crippen LogP contribution < -0.4 is 15.0 Å². The molecule has 3 rings (SSSR count). The van der Waals surface area contributed by atoms with Crippen LogP contribution in [0.25, 0.3) is 0 Å². The largest absolute Gasteiger partial charge is 0.481 e. The van der Waals surface area contributed by atoms with Crippen molar-refractivity contribution < 1.29 is 9.53 Å². The van der Waals surface area contributed by atoms with Crippen molar-refractivity contribution in [2.45, 2.75) is 6.54 Å². The van der Waals surface area contributed by atoms with Crippen LogP contribution in [0, 0.1) is 0 Å². The van der Waals surface area contributed by atoms with E-state index in [1.807, 2.05) is 35.2 Å². The molecule has 0 radical (unpaired) electrons. The SMILES string of the molecule is COc1ccc(CNC(=O)N2CCN(c3cccc(Cl)c3)CC2)cn1. The highest BCUT2D eigenvalue weighted by Crippen LogP contribution is 2.20. The van der Waals surface area contributed by atoms with Crippen molar-refractivity contribution in [3.63, 3.8) is 0 Å². The summed E-state index contributed by atoms with van der Waals surface area (Å²) >= 11 is 6.05. The summed E-state index contributed by atoms with van der Waals surface area (Å²) < 4.78 is 5.02. The van der Waals surface area contributed by atoms with Crippen molar-refractivity contribution in [1.82, 2.24) is 15.2 Å². The Labute approximate surface area is 152 Å². The van der Waals surface area contributed by atoms with Gasteiger partial charge in [0.1, 0.15) is 0 Å². The monoisotopic (exact) mass is 360 g/mol. The van der Waals surface area contributed by atoms with Crippen LogP contribution in [0.4, 0.5) is 10.5 Å². The smallest absolute Gasteiger partial charge is 0.317 e. The van der Waals surface area contributed by atoms with E-state index in [0.29, 0.717) is 25.5 Å². The minimum absolute atomic E-state index is 0.0541. The lowest BCUT2D eigenvalue weighted by Gasteiger charge is -2.36. The van der Waals surface area contributed by atoms with E-state index in [-0.39, 0.29) is 6.03 Å². The van der Waals surface area contributed by atoms with Crippen molar-refractivity contribution in [3.05, 3.63) is 53.2 Å². The molecule has 2 heterocycles. The Morgan fingerprint density at radius 1 is 1.24 bits per heavy atom. The summed E-state index contributed by atoms with van der Waals surface area (Å²) in [6.07, 6.45) is 1.70. The summed E-state index contributed by atoms with van der Waals surface area (Å²) in [6.45, 7) is 3.39. The van der Waals surface area contributed by atoms with Gasteiger partial charge >= 0.3 is 6.03 Å². The number of nitrogens with zero attached hydrogens (tertiary/aromatic N) is 3. The molecule has 25 heavy (non-hydrogen) atoms. The van der Waals surface area contributed by atoms with Crippen LogP contribution >= 0.6 is 11.6 Å². The Morgan fingerprint density at radius 2 is 2.04 bits per heavy atom. The molecule has 0 unspecified atom stereocenters. The van der Waals surface area contributed by atoms with Gasteiger partial charge in [0.05, 0.1) is 7.11 Å². The molecule has 0 spiro atoms. The lowest BCUT2D eigenvalue weighted by atomic mass is 10.2. The number of nitrogens with one attached hydrogen (secondary N) is 1. The van der Waals surface area contributed by atoms with Gasteiger partial charge in [0.15, 0.2) is 0 Å². The third kappa shape index (κ3) is 4.54. The van der Waals surface area contributed by atoms with E-state index in [9.17, 15) is 4.79 Å². The fraction of sp³-hybridized carbons (Fsp3) is 0.333. The predicted molar refractivity (Wildman–Crippen MR) is 98.3 cm³/mol. The van der Waals surface area contributed by atoms with E-state index in [2.05, 4.69) is 15.2 Å². The number of pyridine rings is 1. The molecule has 1 aromatic carbocycles. The molecule has 0 aliphatic carbocycles. The Hall–Kier alpha value is -2.47. The van der Waals surface area contributed by atoms with Crippen molar-refractivity contribution in [2.75, 3.05) is 38.2 Å². The summed E-state index contributed by atoms with van der Waals surface area (Å²) in [7, 11) is 1.58. The van der Waals surface area contributed by atoms with E-state index < -0.39 is 0 Å². The number of hydrogen-bond acceptors (Lipinski definition) is 4. The van der Waals surface area contributed by atoms with Crippen LogP contribution in [0.15, 0.2) is 42.6 Å². The number of carbonyl (C=O) groups is 1. The molecule has 2 aromatic rings. The third-order valence-corrected chi connectivity index (χ3v) is 4.43. The van der Waals surface area contributed by atoms with Crippen molar-refractivity contribution in [1.29, 1.82) is 0 Å². The number of halogens is 1. The number of aromatic nitrogens is 1. The molecular weight excluding hydrogens is 340 g/mol. The highest BCUT2D eigenvalue weighted by Gasteiger charge is 2.21. The molecule has 7 heteroatoms. The van der Waals surface area contributed by atoms with E-state index in [1.54, 1.807) is 19.4 Å². The molecule has 1 saturated heterocycles. The molecule has 6 nitrogen and oxygen atoms in total. The zero-order chi connectivity index (χ0) is 17.6. The number of rotatable bonds is 4.